The van der Waals surface area contributed by atoms with Gasteiger partial charge in [0.25, 0.3) is 5.91 Å². The minimum absolute atomic E-state index is 0.140. The first-order valence-electron chi connectivity index (χ1n) is 9.52. The molecular weight excluding hydrogens is 453 g/mol. The number of benzene rings is 2. The fraction of sp³-hybridized carbons (Fsp3) is 0.0909. The van der Waals surface area contributed by atoms with Crippen LogP contribution in [0.25, 0.3) is 16.4 Å². The predicted molar refractivity (Wildman–Crippen MR) is 122 cm³/mol. The number of aryl methyl sites for hydroxylation is 1. The Morgan fingerprint density at radius 2 is 2.00 bits per heavy atom. The highest BCUT2D eigenvalue weighted by atomic mass is 35.5. The largest absolute Gasteiger partial charge is 0.340 e. The summed E-state index contributed by atoms with van der Waals surface area (Å²) in [5, 5.41) is 11.6. The molecule has 2 aromatic heterocycles. The van der Waals surface area contributed by atoms with Gasteiger partial charge in [-0.3, -0.25) is 9.59 Å². The third kappa shape index (κ3) is 4.84. The monoisotopic (exact) mass is 469 g/mol. The van der Waals surface area contributed by atoms with Crippen LogP contribution in [0.3, 0.4) is 0 Å². The van der Waals surface area contributed by atoms with Crippen LogP contribution in [0.1, 0.15) is 16.2 Å². The smallest absolute Gasteiger partial charge is 0.291 e. The van der Waals surface area contributed by atoms with E-state index in [0.717, 1.165) is 10.4 Å². The molecule has 4 aromatic rings. The number of nitrogens with one attached hydrogen (secondary N) is 2. The van der Waals surface area contributed by atoms with E-state index < -0.39 is 17.6 Å². The van der Waals surface area contributed by atoms with E-state index in [9.17, 15) is 14.0 Å². The molecule has 7 nitrogen and oxygen atoms in total. The van der Waals surface area contributed by atoms with E-state index >= 15 is 0 Å². The summed E-state index contributed by atoms with van der Waals surface area (Å²) in [5.41, 5.74) is 1.83. The van der Waals surface area contributed by atoms with Crippen molar-refractivity contribution < 1.29 is 14.0 Å². The minimum atomic E-state index is -0.636. The van der Waals surface area contributed by atoms with Gasteiger partial charge in [0.15, 0.2) is 5.82 Å². The maximum absolute atomic E-state index is 13.7. The number of hydrogen-bond donors (Lipinski definition) is 2. The molecule has 2 heterocycles. The number of aromatic nitrogens is 3. The number of amides is 2. The van der Waals surface area contributed by atoms with E-state index in [-0.39, 0.29) is 12.4 Å². The molecule has 0 saturated carbocycles. The Morgan fingerprint density at radius 3 is 2.72 bits per heavy atom. The van der Waals surface area contributed by atoms with Crippen molar-refractivity contribution in [2.75, 3.05) is 11.9 Å². The van der Waals surface area contributed by atoms with Crippen LogP contribution in [0.2, 0.25) is 5.02 Å². The molecule has 0 unspecified atom stereocenters. The molecule has 0 spiro atoms. The Hall–Kier alpha value is -3.56. The van der Waals surface area contributed by atoms with Crippen LogP contribution in [-0.4, -0.2) is 33.1 Å². The van der Waals surface area contributed by atoms with E-state index in [4.69, 9.17) is 11.6 Å². The number of carbonyl (C=O) groups is 2. The molecular formula is C22H17ClFN5O2S. The molecule has 162 valence electrons. The quantitative estimate of drug-likeness (QED) is 0.436. The number of carbonyl (C=O) groups excluding carboxylic acids is 2. The van der Waals surface area contributed by atoms with Crippen LogP contribution in [0.4, 0.5) is 10.1 Å². The Labute approximate surface area is 191 Å². The normalized spacial score (nSPS) is 10.7. The SMILES string of the molecule is Cc1ccc(NC(=O)CNC(=O)c2nc(-c3cccs3)n(-c3cccc(F)c3)n2)c(Cl)c1. The van der Waals surface area contributed by atoms with Crippen molar-refractivity contribution in [3.8, 4) is 16.4 Å². The van der Waals surface area contributed by atoms with Gasteiger partial charge in [-0.2, -0.15) is 0 Å². The third-order valence-corrected chi connectivity index (χ3v) is 5.59. The number of hydrogen-bond acceptors (Lipinski definition) is 5. The molecule has 0 aliphatic carbocycles. The molecule has 0 radical (unpaired) electrons. The van der Waals surface area contributed by atoms with Crippen LogP contribution < -0.4 is 10.6 Å². The average molecular weight is 470 g/mol. The van der Waals surface area contributed by atoms with Crippen molar-refractivity contribution in [2.24, 2.45) is 0 Å². The molecule has 0 saturated heterocycles. The summed E-state index contributed by atoms with van der Waals surface area (Å²) in [6.07, 6.45) is 0. The van der Waals surface area contributed by atoms with Crippen molar-refractivity contribution in [2.45, 2.75) is 6.92 Å². The minimum Gasteiger partial charge on any atom is -0.340 e. The lowest BCUT2D eigenvalue weighted by atomic mass is 10.2. The number of thiophene rings is 1. The Bertz CT molecular complexity index is 1290. The number of anilines is 1. The van der Waals surface area contributed by atoms with Crippen molar-refractivity contribution in [3.05, 3.63) is 82.2 Å². The number of halogens is 2. The second-order valence-electron chi connectivity index (χ2n) is 6.84. The molecule has 0 aliphatic rings. The van der Waals surface area contributed by atoms with E-state index in [0.29, 0.717) is 22.2 Å². The summed E-state index contributed by atoms with van der Waals surface area (Å²) in [7, 11) is 0. The van der Waals surface area contributed by atoms with Gasteiger partial charge in [-0.25, -0.2) is 14.1 Å². The van der Waals surface area contributed by atoms with Gasteiger partial charge < -0.3 is 10.6 Å². The standard InChI is InChI=1S/C22H17ClFN5O2S/c1-13-7-8-17(16(23)10-13)26-19(30)12-25-22(31)20-27-21(18-6-3-9-32-18)29(28-20)15-5-2-4-14(24)11-15/h2-11H,12H2,1H3,(H,25,31)(H,26,30). The summed E-state index contributed by atoms with van der Waals surface area (Å²) >= 11 is 7.53. The van der Waals surface area contributed by atoms with Crippen LogP contribution in [-0.2, 0) is 4.79 Å². The van der Waals surface area contributed by atoms with Crippen molar-refractivity contribution in [3.63, 3.8) is 0 Å². The third-order valence-electron chi connectivity index (χ3n) is 4.41. The highest BCUT2D eigenvalue weighted by molar-refractivity contribution is 7.13. The Kier molecular flexibility index (Phi) is 6.29. The average Bonchev–Trinajstić information content (AvgIpc) is 3.44. The molecule has 2 aromatic carbocycles. The summed E-state index contributed by atoms with van der Waals surface area (Å²) in [4.78, 5) is 29.9. The predicted octanol–water partition coefficient (Wildman–Crippen LogP) is 4.47. The van der Waals surface area contributed by atoms with Crippen molar-refractivity contribution in [1.82, 2.24) is 20.1 Å². The highest BCUT2D eigenvalue weighted by Crippen LogP contribution is 2.26. The maximum atomic E-state index is 13.7. The maximum Gasteiger partial charge on any atom is 0.291 e. The number of rotatable bonds is 6. The molecule has 10 heteroatoms. The zero-order valence-corrected chi connectivity index (χ0v) is 18.4. The van der Waals surface area contributed by atoms with Gasteiger partial charge in [0.1, 0.15) is 5.82 Å². The summed E-state index contributed by atoms with van der Waals surface area (Å²) in [5.74, 6) is -1.27. The van der Waals surface area contributed by atoms with Gasteiger partial charge in [0, 0.05) is 0 Å². The molecule has 0 aliphatic heterocycles. The lowest BCUT2D eigenvalue weighted by Gasteiger charge is -2.08. The highest BCUT2D eigenvalue weighted by Gasteiger charge is 2.20. The summed E-state index contributed by atoms with van der Waals surface area (Å²) in [6, 6.07) is 14.7. The zero-order valence-electron chi connectivity index (χ0n) is 16.8. The lowest BCUT2D eigenvalue weighted by molar-refractivity contribution is -0.115. The zero-order chi connectivity index (χ0) is 22.7. The summed E-state index contributed by atoms with van der Waals surface area (Å²) in [6.45, 7) is 1.59. The molecule has 4 rings (SSSR count). The van der Waals surface area contributed by atoms with E-state index in [1.165, 1.54) is 28.2 Å². The lowest BCUT2D eigenvalue weighted by Crippen LogP contribution is -2.33. The van der Waals surface area contributed by atoms with Gasteiger partial charge in [0.05, 0.1) is 27.8 Å². The van der Waals surface area contributed by atoms with Gasteiger partial charge in [0.2, 0.25) is 11.7 Å². The Balaban J connectivity index is 1.51. The van der Waals surface area contributed by atoms with E-state index in [1.54, 1.807) is 24.3 Å². The van der Waals surface area contributed by atoms with Gasteiger partial charge in [-0.05, 0) is 54.3 Å². The molecule has 2 N–H and O–H groups in total. The molecule has 2 amide bonds. The molecule has 0 fully saturated rings. The molecule has 32 heavy (non-hydrogen) atoms. The first-order valence-corrected chi connectivity index (χ1v) is 10.8. The van der Waals surface area contributed by atoms with E-state index in [2.05, 4.69) is 20.7 Å². The summed E-state index contributed by atoms with van der Waals surface area (Å²) < 4.78 is 15.1. The molecule has 0 bridgehead atoms. The second kappa shape index (κ2) is 9.29. The van der Waals surface area contributed by atoms with Gasteiger partial charge in [-0.15, -0.1) is 16.4 Å². The second-order valence-corrected chi connectivity index (χ2v) is 8.20. The van der Waals surface area contributed by atoms with E-state index in [1.807, 2.05) is 30.5 Å². The number of nitrogens with zero attached hydrogens (tertiary/aromatic N) is 3. The van der Waals surface area contributed by atoms with Crippen LogP contribution in [0, 0.1) is 12.7 Å². The Morgan fingerprint density at radius 1 is 1.16 bits per heavy atom. The molecule has 0 atom stereocenters. The fourth-order valence-corrected chi connectivity index (χ4v) is 3.90. The topological polar surface area (TPSA) is 88.9 Å². The fourth-order valence-electron chi connectivity index (χ4n) is 2.92. The van der Waals surface area contributed by atoms with Crippen LogP contribution in [0.15, 0.2) is 60.0 Å². The van der Waals surface area contributed by atoms with Gasteiger partial charge in [-0.1, -0.05) is 29.8 Å². The first-order chi connectivity index (χ1) is 15.4. The van der Waals surface area contributed by atoms with Gasteiger partial charge >= 0.3 is 0 Å². The van der Waals surface area contributed by atoms with Crippen LogP contribution >= 0.6 is 22.9 Å². The first kappa shape index (κ1) is 21.7. The van der Waals surface area contributed by atoms with Crippen molar-refractivity contribution >= 4 is 40.4 Å². The van der Waals surface area contributed by atoms with Crippen LogP contribution in [0.5, 0.6) is 0 Å². The van der Waals surface area contributed by atoms with Crippen molar-refractivity contribution in [1.29, 1.82) is 0 Å².